The highest BCUT2D eigenvalue weighted by Crippen LogP contribution is 2.25. The van der Waals surface area contributed by atoms with Crippen LogP contribution < -0.4 is 5.32 Å². The molecule has 24 heavy (non-hydrogen) atoms. The maximum absolute atomic E-state index is 11.7. The summed E-state index contributed by atoms with van der Waals surface area (Å²) in [5.74, 6) is -1.27. The van der Waals surface area contributed by atoms with Crippen LogP contribution in [0.25, 0.3) is 0 Å². The maximum atomic E-state index is 11.7. The van der Waals surface area contributed by atoms with E-state index in [2.05, 4.69) is 10.5 Å². The van der Waals surface area contributed by atoms with E-state index in [1.54, 1.807) is 6.07 Å². The Morgan fingerprint density at radius 3 is 2.67 bits per heavy atom. The monoisotopic (exact) mass is 353 g/mol. The third kappa shape index (κ3) is 4.38. The molecular weight excluding hydrogens is 338 g/mol. The summed E-state index contributed by atoms with van der Waals surface area (Å²) in [6.45, 7) is 5.28. The van der Waals surface area contributed by atoms with Gasteiger partial charge in [0.2, 0.25) is 5.88 Å². The largest absolute Gasteiger partial charge is 0.451 e. The Bertz CT molecular complexity index is 774. The topological polar surface area (TPSA) is 125 Å². The first kappa shape index (κ1) is 17.6. The molecule has 0 saturated carbocycles. The molecule has 1 amide bonds. The molecule has 2 rings (SSSR count). The standard InChI is InChI=1S/C14H15N3O6S/c1-14(2,3)9-6-11(23-16-9)15-10(18)7-22-13(19)8-4-5-12(24-8)17(20)21/h4-6H,7H2,1-3H3,(H,15,18). The first-order chi connectivity index (χ1) is 11.2. The molecule has 2 heterocycles. The number of hydrogen-bond acceptors (Lipinski definition) is 8. The van der Waals surface area contributed by atoms with Crippen LogP contribution in [-0.2, 0) is 14.9 Å². The number of nitrogens with one attached hydrogen (secondary N) is 1. The van der Waals surface area contributed by atoms with Crippen LogP contribution in [0.4, 0.5) is 10.9 Å². The quantitative estimate of drug-likeness (QED) is 0.498. The fraction of sp³-hybridized carbons (Fsp3) is 0.357. The molecule has 9 nitrogen and oxygen atoms in total. The zero-order chi connectivity index (χ0) is 17.9. The van der Waals surface area contributed by atoms with Crippen molar-refractivity contribution in [3.8, 4) is 0 Å². The molecule has 128 valence electrons. The maximum Gasteiger partial charge on any atom is 0.349 e. The van der Waals surface area contributed by atoms with Gasteiger partial charge in [0.05, 0.1) is 10.6 Å². The number of hydrogen-bond donors (Lipinski definition) is 1. The average molecular weight is 353 g/mol. The first-order valence-electron chi connectivity index (χ1n) is 6.85. The van der Waals surface area contributed by atoms with Crippen molar-refractivity contribution < 1.29 is 23.8 Å². The summed E-state index contributed by atoms with van der Waals surface area (Å²) in [7, 11) is 0. The van der Waals surface area contributed by atoms with E-state index in [0.29, 0.717) is 17.0 Å². The summed E-state index contributed by atoms with van der Waals surface area (Å²) in [5.41, 5.74) is 0.438. The molecule has 0 unspecified atom stereocenters. The van der Waals surface area contributed by atoms with Crippen LogP contribution in [0.1, 0.15) is 36.1 Å². The number of esters is 1. The minimum Gasteiger partial charge on any atom is -0.451 e. The highest BCUT2D eigenvalue weighted by Gasteiger charge is 2.21. The van der Waals surface area contributed by atoms with Crippen molar-refractivity contribution >= 4 is 34.1 Å². The molecule has 0 bridgehead atoms. The normalized spacial score (nSPS) is 11.1. The third-order valence-corrected chi connectivity index (χ3v) is 3.87. The van der Waals surface area contributed by atoms with Crippen LogP contribution in [-0.4, -0.2) is 28.6 Å². The predicted octanol–water partition coefficient (Wildman–Crippen LogP) is 2.74. The Kier molecular flexibility index (Phi) is 4.98. The van der Waals surface area contributed by atoms with E-state index in [-0.39, 0.29) is 21.2 Å². The summed E-state index contributed by atoms with van der Waals surface area (Å²) in [5, 5.41) is 16.6. The van der Waals surface area contributed by atoms with Crippen LogP contribution in [0, 0.1) is 10.1 Å². The van der Waals surface area contributed by atoms with Crippen LogP contribution in [0.2, 0.25) is 0 Å². The number of anilines is 1. The molecule has 0 radical (unpaired) electrons. The molecule has 0 aliphatic heterocycles. The molecule has 0 aliphatic carbocycles. The van der Waals surface area contributed by atoms with Crippen LogP contribution >= 0.6 is 11.3 Å². The molecule has 0 aromatic carbocycles. The van der Waals surface area contributed by atoms with E-state index in [4.69, 9.17) is 9.26 Å². The predicted molar refractivity (Wildman–Crippen MR) is 85.1 cm³/mol. The van der Waals surface area contributed by atoms with Crippen molar-refractivity contribution in [2.75, 3.05) is 11.9 Å². The van der Waals surface area contributed by atoms with Crippen LogP contribution in [0.5, 0.6) is 0 Å². The minimum absolute atomic E-state index is 0.0455. The zero-order valence-electron chi connectivity index (χ0n) is 13.2. The lowest BCUT2D eigenvalue weighted by atomic mass is 9.92. The van der Waals surface area contributed by atoms with Gasteiger partial charge in [0.1, 0.15) is 4.88 Å². The molecule has 0 aliphatic rings. The molecule has 0 fully saturated rings. The Morgan fingerprint density at radius 1 is 1.42 bits per heavy atom. The lowest BCUT2D eigenvalue weighted by molar-refractivity contribution is -0.380. The SMILES string of the molecule is CC(C)(C)c1cc(NC(=O)COC(=O)c2ccc([N+](=O)[O-])s2)on1. The molecule has 10 heteroatoms. The minimum atomic E-state index is -0.809. The Labute approximate surface area is 140 Å². The Morgan fingerprint density at radius 2 is 2.12 bits per heavy atom. The lowest BCUT2D eigenvalue weighted by Crippen LogP contribution is -2.20. The van der Waals surface area contributed by atoms with Gasteiger partial charge in [0, 0.05) is 17.5 Å². The number of rotatable bonds is 5. The van der Waals surface area contributed by atoms with Gasteiger partial charge in [0.15, 0.2) is 6.61 Å². The summed E-state index contributed by atoms with van der Waals surface area (Å²) in [6.07, 6.45) is 0. The van der Waals surface area contributed by atoms with E-state index in [1.807, 2.05) is 20.8 Å². The van der Waals surface area contributed by atoms with Gasteiger partial charge in [0.25, 0.3) is 5.91 Å². The second-order valence-electron chi connectivity index (χ2n) is 5.85. The van der Waals surface area contributed by atoms with Gasteiger partial charge in [-0.2, -0.15) is 0 Å². The highest BCUT2D eigenvalue weighted by atomic mass is 32.1. The highest BCUT2D eigenvalue weighted by molar-refractivity contribution is 7.17. The van der Waals surface area contributed by atoms with E-state index in [1.165, 1.54) is 12.1 Å². The summed E-state index contributed by atoms with van der Waals surface area (Å²) < 4.78 is 9.79. The van der Waals surface area contributed by atoms with Gasteiger partial charge in [-0.15, -0.1) is 0 Å². The molecule has 1 N–H and O–H groups in total. The third-order valence-electron chi connectivity index (χ3n) is 2.85. The molecule has 0 saturated heterocycles. The number of carbonyl (C=O) groups excluding carboxylic acids is 2. The number of aromatic nitrogens is 1. The van der Waals surface area contributed by atoms with E-state index < -0.39 is 23.4 Å². The van der Waals surface area contributed by atoms with Crippen LogP contribution in [0.3, 0.4) is 0 Å². The zero-order valence-corrected chi connectivity index (χ0v) is 14.0. The number of ether oxygens (including phenoxy) is 1. The van der Waals surface area contributed by atoms with Gasteiger partial charge in [-0.05, 0) is 6.07 Å². The second-order valence-corrected chi connectivity index (χ2v) is 6.91. The van der Waals surface area contributed by atoms with E-state index in [0.717, 1.165) is 0 Å². The van der Waals surface area contributed by atoms with Crippen molar-refractivity contribution in [2.24, 2.45) is 0 Å². The number of thiophene rings is 1. The molecule has 0 atom stereocenters. The van der Waals surface area contributed by atoms with E-state index in [9.17, 15) is 19.7 Å². The van der Waals surface area contributed by atoms with Gasteiger partial charge in [-0.3, -0.25) is 20.2 Å². The fourth-order valence-corrected chi connectivity index (χ4v) is 2.31. The number of amides is 1. The number of nitro groups is 1. The van der Waals surface area contributed by atoms with Crippen molar-refractivity contribution in [1.29, 1.82) is 0 Å². The van der Waals surface area contributed by atoms with Crippen molar-refractivity contribution in [3.63, 3.8) is 0 Å². The Balaban J connectivity index is 1.87. The van der Waals surface area contributed by atoms with Gasteiger partial charge >= 0.3 is 11.0 Å². The summed E-state index contributed by atoms with van der Waals surface area (Å²) >= 11 is 0.677. The molecular formula is C14H15N3O6S. The van der Waals surface area contributed by atoms with Gasteiger partial charge in [-0.1, -0.05) is 37.3 Å². The molecule has 0 spiro atoms. The second kappa shape index (κ2) is 6.79. The molecule has 2 aromatic rings. The average Bonchev–Trinajstić information content (AvgIpc) is 3.13. The van der Waals surface area contributed by atoms with Crippen LogP contribution in [0.15, 0.2) is 22.7 Å². The van der Waals surface area contributed by atoms with E-state index >= 15 is 0 Å². The summed E-state index contributed by atoms with van der Waals surface area (Å²) in [6, 6.07) is 4.06. The van der Waals surface area contributed by atoms with Gasteiger partial charge in [-0.25, -0.2) is 4.79 Å². The van der Waals surface area contributed by atoms with Crippen molar-refractivity contribution in [3.05, 3.63) is 38.9 Å². The number of nitrogens with zero attached hydrogens (tertiary/aromatic N) is 2. The van der Waals surface area contributed by atoms with Gasteiger partial charge < -0.3 is 9.26 Å². The summed E-state index contributed by atoms with van der Waals surface area (Å²) in [4.78, 5) is 33.5. The Hall–Kier alpha value is -2.75. The smallest absolute Gasteiger partial charge is 0.349 e. The fourth-order valence-electron chi connectivity index (χ4n) is 1.60. The lowest BCUT2D eigenvalue weighted by Gasteiger charge is -2.12. The van der Waals surface area contributed by atoms with Crippen molar-refractivity contribution in [1.82, 2.24) is 5.16 Å². The van der Waals surface area contributed by atoms with Crippen molar-refractivity contribution in [2.45, 2.75) is 26.2 Å². The number of carbonyl (C=O) groups is 2. The first-order valence-corrected chi connectivity index (χ1v) is 7.67. The molecule has 2 aromatic heterocycles.